The molecule has 1 aliphatic rings. The Morgan fingerprint density at radius 3 is 2.56 bits per heavy atom. The molecule has 0 N–H and O–H groups in total. The lowest BCUT2D eigenvalue weighted by Crippen LogP contribution is -2.24. The molecule has 96 valence electrons. The number of ether oxygens (including phenoxy) is 1. The molecule has 0 aromatic rings. The molecule has 1 fully saturated rings. The van der Waals surface area contributed by atoms with Gasteiger partial charge in [0.2, 0.25) is 0 Å². The Bertz CT molecular complexity index is 173. The van der Waals surface area contributed by atoms with Crippen molar-refractivity contribution in [2.45, 2.75) is 75.1 Å². The minimum absolute atomic E-state index is 0.264. The number of rotatable bonds is 4. The van der Waals surface area contributed by atoms with E-state index in [1.807, 2.05) is 0 Å². The van der Waals surface area contributed by atoms with Gasteiger partial charge in [-0.05, 0) is 19.3 Å². The van der Waals surface area contributed by atoms with E-state index in [0.717, 1.165) is 32.3 Å². The average molecular weight is 267 g/mol. The van der Waals surface area contributed by atoms with Gasteiger partial charge in [0.05, 0.1) is 6.10 Å². The molecule has 1 nitrogen and oxygen atoms in total. The van der Waals surface area contributed by atoms with Crippen LogP contribution in [0.3, 0.4) is 0 Å². The fourth-order valence-corrected chi connectivity index (χ4v) is 3.02. The van der Waals surface area contributed by atoms with Crippen LogP contribution in [0.5, 0.6) is 0 Å². The van der Waals surface area contributed by atoms with Crippen LogP contribution in [0, 0.1) is 0 Å². The quantitative estimate of drug-likeness (QED) is 0.644. The number of hydrogen-bond donors (Lipinski definition) is 0. The molecule has 1 saturated heterocycles. The van der Waals surface area contributed by atoms with E-state index in [1.54, 1.807) is 0 Å². The maximum absolute atomic E-state index is 6.29. The summed E-state index contributed by atoms with van der Waals surface area (Å²) in [4.78, 5) is 0. The number of hydrogen-bond acceptors (Lipinski definition) is 1. The molecular weight excluding hydrogens is 243 g/mol. The molecule has 0 spiro atoms. The average Bonchev–Trinajstić information content (AvgIpc) is 2.31. The lowest BCUT2D eigenvalue weighted by atomic mass is 10.0. The van der Waals surface area contributed by atoms with Gasteiger partial charge in [-0.15, -0.1) is 23.2 Å². The Morgan fingerprint density at radius 1 is 1.12 bits per heavy atom. The summed E-state index contributed by atoms with van der Waals surface area (Å²) in [5.74, 6) is 0. The van der Waals surface area contributed by atoms with Crippen LogP contribution in [0.2, 0.25) is 0 Å². The van der Waals surface area contributed by atoms with Crippen molar-refractivity contribution in [3.8, 4) is 0 Å². The third-order valence-electron chi connectivity index (χ3n) is 3.17. The first kappa shape index (κ1) is 14.6. The highest BCUT2D eigenvalue weighted by molar-refractivity contribution is 6.48. The van der Waals surface area contributed by atoms with Crippen molar-refractivity contribution in [1.82, 2.24) is 0 Å². The van der Waals surface area contributed by atoms with E-state index in [2.05, 4.69) is 6.92 Å². The molecule has 16 heavy (non-hydrogen) atoms. The minimum Gasteiger partial charge on any atom is -0.378 e. The van der Waals surface area contributed by atoms with E-state index in [4.69, 9.17) is 27.9 Å². The Balaban J connectivity index is 2.36. The Hall–Kier alpha value is 0.540. The smallest absolute Gasteiger partial charge is 0.120 e. The molecule has 1 heterocycles. The van der Waals surface area contributed by atoms with E-state index < -0.39 is 4.33 Å². The molecule has 1 aliphatic heterocycles. The summed E-state index contributed by atoms with van der Waals surface area (Å²) in [7, 11) is 0. The first-order chi connectivity index (χ1) is 7.64. The van der Waals surface area contributed by atoms with Crippen LogP contribution in [-0.4, -0.2) is 17.0 Å². The molecule has 1 rings (SSSR count). The van der Waals surface area contributed by atoms with Gasteiger partial charge < -0.3 is 4.74 Å². The molecule has 1 unspecified atom stereocenters. The summed E-state index contributed by atoms with van der Waals surface area (Å²) in [6.45, 7) is 2.99. The van der Waals surface area contributed by atoms with E-state index >= 15 is 0 Å². The summed E-state index contributed by atoms with van der Waals surface area (Å²) in [6, 6.07) is 0. The van der Waals surface area contributed by atoms with Crippen LogP contribution in [0.25, 0.3) is 0 Å². The Kier molecular flexibility index (Phi) is 7.11. The van der Waals surface area contributed by atoms with E-state index in [1.165, 1.54) is 32.1 Å². The van der Waals surface area contributed by atoms with Gasteiger partial charge >= 0.3 is 0 Å². The lowest BCUT2D eigenvalue weighted by molar-refractivity contribution is 0.0380. The molecule has 0 saturated carbocycles. The molecule has 0 aromatic heterocycles. The fraction of sp³-hybridized carbons (Fsp3) is 1.00. The molecule has 0 aromatic carbocycles. The third kappa shape index (κ3) is 6.32. The number of halogens is 2. The van der Waals surface area contributed by atoms with Gasteiger partial charge in [0, 0.05) is 13.0 Å². The summed E-state index contributed by atoms with van der Waals surface area (Å²) in [5, 5.41) is 0. The van der Waals surface area contributed by atoms with Crippen molar-refractivity contribution in [3.05, 3.63) is 0 Å². The maximum Gasteiger partial charge on any atom is 0.120 e. The van der Waals surface area contributed by atoms with Gasteiger partial charge in [0.15, 0.2) is 0 Å². The van der Waals surface area contributed by atoms with Crippen molar-refractivity contribution in [1.29, 1.82) is 0 Å². The lowest BCUT2D eigenvalue weighted by Gasteiger charge is -2.25. The van der Waals surface area contributed by atoms with Gasteiger partial charge in [-0.2, -0.15) is 0 Å². The molecule has 0 radical (unpaired) electrons. The molecule has 1 atom stereocenters. The fourth-order valence-electron chi connectivity index (χ4n) is 2.30. The normalized spacial score (nSPS) is 24.6. The highest BCUT2D eigenvalue weighted by Crippen LogP contribution is 2.34. The zero-order valence-corrected chi connectivity index (χ0v) is 11.8. The van der Waals surface area contributed by atoms with Crippen molar-refractivity contribution >= 4 is 23.2 Å². The predicted octanol–water partition coefficient (Wildman–Crippen LogP) is 5.09. The zero-order chi connectivity index (χ0) is 11.9. The van der Waals surface area contributed by atoms with Crippen LogP contribution in [0.1, 0.15) is 64.7 Å². The molecule has 3 heteroatoms. The van der Waals surface area contributed by atoms with E-state index in [9.17, 15) is 0 Å². The summed E-state index contributed by atoms with van der Waals surface area (Å²) in [5.41, 5.74) is 0. The molecule has 0 aliphatic carbocycles. The Morgan fingerprint density at radius 2 is 1.81 bits per heavy atom. The monoisotopic (exact) mass is 266 g/mol. The first-order valence-corrected chi connectivity index (χ1v) is 7.39. The van der Waals surface area contributed by atoms with E-state index in [-0.39, 0.29) is 6.10 Å². The summed E-state index contributed by atoms with van der Waals surface area (Å²) >= 11 is 12.6. The van der Waals surface area contributed by atoms with Gasteiger partial charge in [0.1, 0.15) is 4.33 Å². The largest absolute Gasteiger partial charge is 0.378 e. The van der Waals surface area contributed by atoms with Crippen LogP contribution in [-0.2, 0) is 4.74 Å². The molecule has 0 amide bonds. The predicted molar refractivity (Wildman–Crippen MR) is 71.4 cm³/mol. The maximum atomic E-state index is 6.29. The van der Waals surface area contributed by atoms with Crippen molar-refractivity contribution in [2.24, 2.45) is 0 Å². The summed E-state index contributed by atoms with van der Waals surface area (Å²) < 4.78 is 5.29. The van der Waals surface area contributed by atoms with Crippen molar-refractivity contribution < 1.29 is 4.74 Å². The first-order valence-electron chi connectivity index (χ1n) is 6.63. The second-order valence-electron chi connectivity index (χ2n) is 4.86. The van der Waals surface area contributed by atoms with Crippen LogP contribution >= 0.6 is 23.2 Å². The van der Waals surface area contributed by atoms with Gasteiger partial charge in [0.25, 0.3) is 0 Å². The highest BCUT2D eigenvalue weighted by atomic mass is 35.5. The van der Waals surface area contributed by atoms with Gasteiger partial charge in [-0.25, -0.2) is 0 Å². The standard InChI is InChI=1S/C13H24Cl2O/c1-2-9-13(14,15)11-12-8-6-4-3-5-7-10-16-12/h12H,2-11H2,1H3. The van der Waals surface area contributed by atoms with Crippen molar-refractivity contribution in [2.75, 3.05) is 6.61 Å². The summed E-state index contributed by atoms with van der Waals surface area (Å²) in [6.07, 6.45) is 10.4. The zero-order valence-electron chi connectivity index (χ0n) is 10.3. The van der Waals surface area contributed by atoms with Crippen molar-refractivity contribution in [3.63, 3.8) is 0 Å². The minimum atomic E-state index is -0.590. The topological polar surface area (TPSA) is 9.23 Å². The second-order valence-corrected chi connectivity index (χ2v) is 6.50. The molecular formula is C13H24Cl2O. The molecule has 0 bridgehead atoms. The van der Waals surface area contributed by atoms with Crippen LogP contribution in [0.15, 0.2) is 0 Å². The third-order valence-corrected chi connectivity index (χ3v) is 3.85. The highest BCUT2D eigenvalue weighted by Gasteiger charge is 2.27. The van der Waals surface area contributed by atoms with Gasteiger partial charge in [-0.1, -0.05) is 39.0 Å². The Labute approximate surface area is 110 Å². The SMILES string of the molecule is CCCC(Cl)(Cl)CC1CCCCCCCO1. The van der Waals surface area contributed by atoms with Crippen LogP contribution in [0.4, 0.5) is 0 Å². The number of alkyl halides is 2. The van der Waals surface area contributed by atoms with Gasteiger partial charge in [-0.3, -0.25) is 0 Å². The van der Waals surface area contributed by atoms with E-state index in [0.29, 0.717) is 0 Å². The van der Waals surface area contributed by atoms with Crippen LogP contribution < -0.4 is 0 Å². The second kappa shape index (κ2) is 7.79.